The second-order valence-corrected chi connectivity index (χ2v) is 5.52. The zero-order valence-electron chi connectivity index (χ0n) is 11.3. The van der Waals surface area contributed by atoms with Crippen molar-refractivity contribution >= 4 is 23.5 Å². The highest BCUT2D eigenvalue weighted by molar-refractivity contribution is 6.31. The number of amides is 1. The summed E-state index contributed by atoms with van der Waals surface area (Å²) in [6, 6.07) is 4.64. The number of methoxy groups -OCH3 is 1. The summed E-state index contributed by atoms with van der Waals surface area (Å²) in [6.45, 7) is 1.53. The monoisotopic (exact) mass is 297 g/mol. The number of nitrogens with one attached hydrogen (secondary N) is 1. The Kier molecular flexibility index (Phi) is 3.90. The lowest BCUT2D eigenvalue weighted by Crippen LogP contribution is -2.54. The van der Waals surface area contributed by atoms with Crippen LogP contribution in [0.2, 0.25) is 5.02 Å². The maximum Gasteiger partial charge on any atom is 0.329 e. The molecular formula is C14H16ClNO4. The molecule has 0 heterocycles. The van der Waals surface area contributed by atoms with Crippen molar-refractivity contribution in [1.29, 1.82) is 0 Å². The summed E-state index contributed by atoms with van der Waals surface area (Å²) in [5.41, 5.74) is -1.03. The lowest BCUT2D eigenvalue weighted by molar-refractivity contribution is -0.144. The van der Waals surface area contributed by atoms with Crippen LogP contribution in [0.25, 0.3) is 0 Å². The van der Waals surface area contributed by atoms with Gasteiger partial charge in [0.05, 0.1) is 12.7 Å². The minimum Gasteiger partial charge on any atom is -0.496 e. The second kappa shape index (κ2) is 5.32. The average molecular weight is 298 g/mol. The van der Waals surface area contributed by atoms with Gasteiger partial charge < -0.3 is 15.2 Å². The fourth-order valence-corrected chi connectivity index (χ4v) is 2.32. The van der Waals surface area contributed by atoms with Crippen LogP contribution in [0.1, 0.15) is 30.1 Å². The predicted octanol–water partition coefficient (Wildman–Crippen LogP) is 2.33. The molecule has 1 saturated carbocycles. The van der Waals surface area contributed by atoms with Gasteiger partial charge in [-0.1, -0.05) is 11.6 Å². The number of carboxylic acid groups (broad SMARTS) is 1. The fourth-order valence-electron chi connectivity index (χ4n) is 2.15. The van der Waals surface area contributed by atoms with Gasteiger partial charge in [-0.15, -0.1) is 0 Å². The van der Waals surface area contributed by atoms with Crippen LogP contribution in [0.5, 0.6) is 5.75 Å². The quantitative estimate of drug-likeness (QED) is 0.874. The molecule has 108 valence electrons. The number of carbonyl (C=O) groups is 2. The minimum absolute atomic E-state index is 0.0332. The van der Waals surface area contributed by atoms with Crippen LogP contribution in [0.15, 0.2) is 18.2 Å². The van der Waals surface area contributed by atoms with E-state index in [1.54, 1.807) is 12.1 Å². The molecule has 0 spiro atoms. The number of rotatable bonds is 5. The van der Waals surface area contributed by atoms with Gasteiger partial charge in [-0.2, -0.15) is 0 Å². The Morgan fingerprint density at radius 1 is 1.45 bits per heavy atom. The standard InChI is InChI=1S/C14H16ClNO4/c1-14(13(18)19,8-3-4-8)16-12(17)10-7-9(15)5-6-11(10)20-2/h5-8H,3-4H2,1-2H3,(H,16,17)(H,18,19). The van der Waals surface area contributed by atoms with E-state index in [0.29, 0.717) is 10.8 Å². The first-order valence-corrected chi connectivity index (χ1v) is 6.65. The molecule has 1 aliphatic carbocycles. The van der Waals surface area contributed by atoms with Crippen molar-refractivity contribution in [2.45, 2.75) is 25.3 Å². The minimum atomic E-state index is -1.26. The number of halogens is 1. The van der Waals surface area contributed by atoms with Gasteiger partial charge in [0.15, 0.2) is 0 Å². The van der Waals surface area contributed by atoms with E-state index in [-0.39, 0.29) is 11.5 Å². The van der Waals surface area contributed by atoms with Gasteiger partial charge in [-0.25, -0.2) is 4.79 Å². The maximum atomic E-state index is 12.3. The van der Waals surface area contributed by atoms with Crippen LogP contribution in [-0.2, 0) is 4.79 Å². The fraction of sp³-hybridized carbons (Fsp3) is 0.429. The zero-order chi connectivity index (χ0) is 14.9. The molecule has 1 aromatic rings. The van der Waals surface area contributed by atoms with Crippen LogP contribution in [0.3, 0.4) is 0 Å². The Labute approximate surface area is 121 Å². The van der Waals surface area contributed by atoms with Gasteiger partial charge in [0, 0.05) is 5.02 Å². The van der Waals surface area contributed by atoms with E-state index in [0.717, 1.165) is 12.8 Å². The lowest BCUT2D eigenvalue weighted by atomic mass is 9.95. The van der Waals surface area contributed by atoms with Gasteiger partial charge in [0.2, 0.25) is 0 Å². The van der Waals surface area contributed by atoms with E-state index in [2.05, 4.69) is 5.32 Å². The molecule has 0 saturated heterocycles. The number of ether oxygens (including phenoxy) is 1. The number of hydrogen-bond donors (Lipinski definition) is 2. The van der Waals surface area contributed by atoms with E-state index in [1.807, 2.05) is 0 Å². The normalized spacial score (nSPS) is 17.1. The Balaban J connectivity index is 2.27. The van der Waals surface area contributed by atoms with Gasteiger partial charge in [-0.05, 0) is 43.9 Å². The van der Waals surface area contributed by atoms with E-state index in [4.69, 9.17) is 16.3 Å². The molecular weight excluding hydrogens is 282 g/mol. The van der Waals surface area contributed by atoms with Crippen LogP contribution >= 0.6 is 11.6 Å². The molecule has 5 nitrogen and oxygen atoms in total. The third-order valence-corrected chi connectivity index (χ3v) is 3.85. The number of hydrogen-bond acceptors (Lipinski definition) is 3. The van der Waals surface area contributed by atoms with Crippen LogP contribution in [0.4, 0.5) is 0 Å². The molecule has 1 amide bonds. The van der Waals surface area contributed by atoms with Crippen molar-refractivity contribution in [2.75, 3.05) is 7.11 Å². The topological polar surface area (TPSA) is 75.6 Å². The van der Waals surface area contributed by atoms with Crippen LogP contribution in [-0.4, -0.2) is 29.6 Å². The molecule has 2 N–H and O–H groups in total. The van der Waals surface area contributed by atoms with Gasteiger partial charge >= 0.3 is 5.97 Å². The number of carbonyl (C=O) groups excluding carboxylic acids is 1. The van der Waals surface area contributed by atoms with Gasteiger partial charge in [-0.3, -0.25) is 4.79 Å². The third-order valence-electron chi connectivity index (χ3n) is 3.62. The Morgan fingerprint density at radius 2 is 2.10 bits per heavy atom. The highest BCUT2D eigenvalue weighted by Crippen LogP contribution is 2.40. The Hall–Kier alpha value is -1.75. The second-order valence-electron chi connectivity index (χ2n) is 5.08. The molecule has 0 aromatic heterocycles. The van der Waals surface area contributed by atoms with E-state index in [1.165, 1.54) is 20.1 Å². The van der Waals surface area contributed by atoms with Gasteiger partial charge in [0.1, 0.15) is 11.3 Å². The summed E-state index contributed by atoms with van der Waals surface area (Å²) in [5, 5.41) is 12.3. The van der Waals surface area contributed by atoms with Crippen LogP contribution < -0.4 is 10.1 Å². The molecule has 6 heteroatoms. The van der Waals surface area contributed by atoms with E-state index >= 15 is 0 Å². The summed E-state index contributed by atoms with van der Waals surface area (Å²) in [6.07, 6.45) is 1.60. The van der Waals surface area contributed by atoms with Crippen LogP contribution in [0, 0.1) is 5.92 Å². The zero-order valence-corrected chi connectivity index (χ0v) is 12.0. The van der Waals surface area contributed by atoms with Crippen molar-refractivity contribution in [3.8, 4) is 5.75 Å². The molecule has 1 atom stereocenters. The SMILES string of the molecule is COc1ccc(Cl)cc1C(=O)NC(C)(C(=O)O)C1CC1. The van der Waals surface area contributed by atoms with Crippen molar-refractivity contribution in [2.24, 2.45) is 5.92 Å². The molecule has 2 rings (SSSR count). The highest BCUT2D eigenvalue weighted by Gasteiger charge is 2.48. The molecule has 1 fully saturated rings. The number of aliphatic carboxylic acids is 1. The summed E-state index contributed by atoms with van der Waals surface area (Å²) in [7, 11) is 1.44. The smallest absolute Gasteiger partial charge is 0.329 e. The molecule has 1 unspecified atom stereocenters. The number of carboxylic acids is 1. The van der Waals surface area contributed by atoms with Gasteiger partial charge in [0.25, 0.3) is 5.91 Å². The maximum absolute atomic E-state index is 12.3. The highest BCUT2D eigenvalue weighted by atomic mass is 35.5. The molecule has 0 radical (unpaired) electrons. The third kappa shape index (κ3) is 2.72. The van der Waals surface area contributed by atoms with E-state index in [9.17, 15) is 14.7 Å². The Morgan fingerprint density at radius 3 is 2.60 bits per heavy atom. The van der Waals surface area contributed by atoms with Crippen molar-refractivity contribution in [1.82, 2.24) is 5.32 Å². The predicted molar refractivity (Wildman–Crippen MR) is 74.2 cm³/mol. The van der Waals surface area contributed by atoms with Crippen molar-refractivity contribution < 1.29 is 19.4 Å². The first-order chi connectivity index (χ1) is 9.38. The lowest BCUT2D eigenvalue weighted by Gasteiger charge is -2.26. The molecule has 20 heavy (non-hydrogen) atoms. The first kappa shape index (κ1) is 14.7. The number of benzene rings is 1. The summed E-state index contributed by atoms with van der Waals surface area (Å²) >= 11 is 5.87. The van der Waals surface area contributed by atoms with E-state index < -0.39 is 17.4 Å². The first-order valence-electron chi connectivity index (χ1n) is 6.28. The molecule has 1 aromatic carbocycles. The Bertz CT molecular complexity index is 556. The average Bonchev–Trinajstić information content (AvgIpc) is 3.22. The molecule has 0 bridgehead atoms. The summed E-state index contributed by atoms with van der Waals surface area (Å²) in [4.78, 5) is 23.7. The largest absolute Gasteiger partial charge is 0.496 e. The van der Waals surface area contributed by atoms with Crippen molar-refractivity contribution in [3.05, 3.63) is 28.8 Å². The van der Waals surface area contributed by atoms with Crippen molar-refractivity contribution in [3.63, 3.8) is 0 Å². The molecule has 1 aliphatic rings. The summed E-state index contributed by atoms with van der Waals surface area (Å²) in [5.74, 6) is -1.21. The summed E-state index contributed by atoms with van der Waals surface area (Å²) < 4.78 is 5.11. The molecule has 0 aliphatic heterocycles.